The fourth-order valence-electron chi connectivity index (χ4n) is 12.3. The highest BCUT2D eigenvalue weighted by molar-refractivity contribution is 6.13. The van der Waals surface area contributed by atoms with Gasteiger partial charge in [0.2, 0.25) is 0 Å². The van der Waals surface area contributed by atoms with Gasteiger partial charge in [0.05, 0.1) is 39.5 Å². The van der Waals surface area contributed by atoms with E-state index in [-0.39, 0.29) is 108 Å². The monoisotopic (exact) mass is 1180 g/mol. The van der Waals surface area contributed by atoms with Crippen molar-refractivity contribution in [3.63, 3.8) is 0 Å². The number of H-pyrrole nitrogens is 1. The summed E-state index contributed by atoms with van der Waals surface area (Å²) in [7, 11) is 0. The second kappa shape index (κ2) is 28.9. The average Bonchev–Trinajstić information content (AvgIpc) is 1.58. The van der Waals surface area contributed by atoms with Crippen molar-refractivity contribution in [1.29, 1.82) is 0 Å². The molecule has 8 bridgehead atoms. The van der Waals surface area contributed by atoms with Gasteiger partial charge in [0, 0.05) is 70.1 Å². The van der Waals surface area contributed by atoms with Gasteiger partial charge in [-0.2, -0.15) is 0 Å². The van der Waals surface area contributed by atoms with E-state index in [4.69, 9.17) is 28.9 Å². The van der Waals surface area contributed by atoms with Gasteiger partial charge in [0.15, 0.2) is 5.75 Å². The maximum atomic E-state index is 14.7. The molecule has 0 fully saturated rings. The number of nitrogens with one attached hydrogen (secondary N) is 1. The summed E-state index contributed by atoms with van der Waals surface area (Å²) in [6.45, 7) is 25.3. The quantitative estimate of drug-likeness (QED) is 0.0457. The minimum atomic E-state index is -0.398. The Balaban J connectivity index is 1.55. The molecule has 4 aromatic carbocycles. The molecule has 5 heterocycles. The second-order valence-corrected chi connectivity index (χ2v) is 24.9. The average molecular weight is 1180 g/mol. The van der Waals surface area contributed by atoms with Crippen LogP contribution < -0.4 is 18.9 Å². The zero-order valence-electron chi connectivity index (χ0n) is 53.3. The van der Waals surface area contributed by atoms with Gasteiger partial charge in [-0.15, -0.1) is 0 Å². The van der Waals surface area contributed by atoms with Crippen LogP contribution in [-0.4, -0.2) is 43.4 Å². The number of hydrogen-bond acceptors (Lipinski definition) is 10. The van der Waals surface area contributed by atoms with E-state index in [1.807, 2.05) is 127 Å². The summed E-state index contributed by atoms with van der Waals surface area (Å²) in [5, 5.41) is 0. The highest BCUT2D eigenvalue weighted by Crippen LogP contribution is 2.53. The lowest BCUT2D eigenvalue weighted by atomic mass is 9.90. The zero-order chi connectivity index (χ0) is 62.8. The number of rotatable bonds is 24. The van der Waals surface area contributed by atoms with Crippen molar-refractivity contribution in [2.24, 2.45) is 47.3 Å². The van der Waals surface area contributed by atoms with Crippen molar-refractivity contribution < 1.29 is 38.1 Å². The topological polar surface area (TPSA) is 152 Å². The minimum absolute atomic E-state index is 0.0550. The highest BCUT2D eigenvalue weighted by atomic mass is 16.5. The molecule has 458 valence electrons. The molecule has 88 heavy (non-hydrogen) atoms. The molecular weight excluding hydrogens is 1100 g/mol. The molecule has 0 saturated heterocycles. The Labute approximate surface area is 519 Å². The first-order valence-electron chi connectivity index (χ1n) is 31.7. The van der Waals surface area contributed by atoms with E-state index in [1.54, 1.807) is 24.3 Å². The van der Waals surface area contributed by atoms with E-state index in [2.05, 4.69) is 92.6 Å². The summed E-state index contributed by atoms with van der Waals surface area (Å²) in [4.78, 5) is 72.7. The van der Waals surface area contributed by atoms with Crippen LogP contribution in [0.5, 0.6) is 23.0 Å². The maximum absolute atomic E-state index is 14.7. The van der Waals surface area contributed by atoms with Gasteiger partial charge in [-0.3, -0.25) is 19.2 Å². The third-order valence-corrected chi connectivity index (χ3v) is 17.7. The number of carbonyl (C=O) groups is 4. The summed E-state index contributed by atoms with van der Waals surface area (Å²) < 4.78 is 28.7. The Morgan fingerprint density at radius 3 is 1.19 bits per heavy atom. The molecule has 0 saturated carbocycles. The SMILES string of the molecule is CCC(CC(=O)Oc1ccccc1-c1c(-c2ccccc2OC(=O)CC(CC)C(C)C)c2c(-c3ccccc3OC(=O)CC(CC)C(C)C)c3nc(cc4ccc(cc5nc(cc1n2-c1ccccc1OC(=O)CC(CC)C(C)C)C=C5)[nH]4)C=C3)C(C)C. The fraction of sp³-hybridized carbons (Fsp3) is 0.368. The number of hydrogen-bond donors (Lipinski definition) is 1. The molecule has 3 aromatic heterocycles. The Kier molecular flexibility index (Phi) is 21.0. The number of esters is 4. The lowest BCUT2D eigenvalue weighted by Gasteiger charge is -2.21. The predicted octanol–water partition coefficient (Wildman–Crippen LogP) is 19.0. The van der Waals surface area contributed by atoms with E-state index in [9.17, 15) is 19.2 Å². The van der Waals surface area contributed by atoms with Crippen LogP contribution in [-0.2, 0) is 19.2 Å². The number of carbonyl (C=O) groups excluding carboxylic acids is 4. The number of nitrogens with zero attached hydrogens (tertiary/aromatic N) is 3. The van der Waals surface area contributed by atoms with Crippen molar-refractivity contribution in [1.82, 2.24) is 19.5 Å². The van der Waals surface area contributed by atoms with Crippen LogP contribution in [0.15, 0.2) is 127 Å². The van der Waals surface area contributed by atoms with Crippen LogP contribution in [0.1, 0.15) is 157 Å². The maximum Gasteiger partial charge on any atom is 0.311 e. The summed E-state index contributed by atoms with van der Waals surface area (Å²) in [5.74, 6) is 0.660. The first-order chi connectivity index (χ1) is 42.4. The normalized spacial score (nSPS) is 13.5. The van der Waals surface area contributed by atoms with Crippen molar-refractivity contribution in [3.05, 3.63) is 150 Å². The number of aromatic amines is 1. The van der Waals surface area contributed by atoms with Crippen LogP contribution in [0.4, 0.5) is 0 Å². The molecule has 0 aliphatic carbocycles. The van der Waals surface area contributed by atoms with E-state index in [0.717, 1.165) is 36.7 Å². The van der Waals surface area contributed by atoms with Gasteiger partial charge >= 0.3 is 23.9 Å². The van der Waals surface area contributed by atoms with Crippen LogP contribution in [0.25, 0.3) is 85.4 Å². The van der Waals surface area contributed by atoms with Crippen molar-refractivity contribution in [3.8, 4) is 62.1 Å². The molecule has 4 unspecified atom stereocenters. The van der Waals surface area contributed by atoms with Crippen LogP contribution in [0, 0.1) is 47.3 Å². The number of benzene rings is 4. The first kappa shape index (κ1) is 63.9. The molecule has 9 rings (SSSR count). The Morgan fingerprint density at radius 2 is 0.761 bits per heavy atom. The minimum Gasteiger partial charge on any atom is -0.426 e. The number of aromatic nitrogens is 4. The standard InChI is InChI=1S/C76H86N4O8/c1-13-50(46(5)6)39-69(81)85-65-29-21-17-25-59(65)73-62-38-37-57(79-62)44-56-34-33-54(77-56)43-55-35-36-58(78-55)45-64-74(60-26-18-22-30-66(60)86-70(82)40-51(14-2)47(7)8)75(61-27-19-23-31-67(61)87-71(83)41-52(15-3)48(9)10)76(73)80(64)63-28-20-24-32-68(63)88-72(84)42-53(16-4)49(11)12/h17-38,43-53,77H,13-16,39-42H2,1-12H3. The molecule has 2 aliphatic heterocycles. The number of para-hydroxylation sites is 5. The molecule has 0 amide bonds. The molecule has 2 aliphatic rings. The van der Waals surface area contributed by atoms with E-state index < -0.39 is 11.9 Å². The van der Waals surface area contributed by atoms with Gasteiger partial charge in [-0.1, -0.05) is 175 Å². The third-order valence-electron chi connectivity index (χ3n) is 17.7. The van der Waals surface area contributed by atoms with Crippen LogP contribution >= 0.6 is 0 Å². The largest absolute Gasteiger partial charge is 0.426 e. The molecule has 1 N–H and O–H groups in total. The van der Waals surface area contributed by atoms with Crippen LogP contribution in [0.2, 0.25) is 0 Å². The van der Waals surface area contributed by atoms with E-state index in [1.165, 1.54) is 0 Å². The Morgan fingerprint density at radius 1 is 0.409 bits per heavy atom. The summed E-state index contributed by atoms with van der Waals surface area (Å²) in [6, 6.07) is 39.9. The zero-order valence-corrected chi connectivity index (χ0v) is 53.3. The smallest absolute Gasteiger partial charge is 0.311 e. The van der Waals surface area contributed by atoms with Gasteiger partial charge in [0.25, 0.3) is 0 Å². The van der Waals surface area contributed by atoms with Gasteiger partial charge in [-0.05, 0) is 132 Å². The predicted molar refractivity (Wildman–Crippen MR) is 356 cm³/mol. The second-order valence-electron chi connectivity index (χ2n) is 24.9. The summed E-state index contributed by atoms with van der Waals surface area (Å²) in [5.41, 5.74) is 8.62. The highest BCUT2D eigenvalue weighted by Gasteiger charge is 2.33. The summed E-state index contributed by atoms with van der Waals surface area (Å²) in [6.07, 6.45) is 11.7. The van der Waals surface area contributed by atoms with E-state index in [0.29, 0.717) is 72.9 Å². The lowest BCUT2D eigenvalue weighted by molar-refractivity contribution is -0.136. The molecule has 12 nitrogen and oxygen atoms in total. The molecular formula is C76H86N4O8. The number of ether oxygens (including phenoxy) is 4. The van der Waals surface area contributed by atoms with Gasteiger partial charge < -0.3 is 28.5 Å². The number of fused-ring (bicyclic) bond motifs is 8. The Hall–Kier alpha value is -8.64. The molecule has 0 spiro atoms. The lowest BCUT2D eigenvalue weighted by Crippen LogP contribution is -2.18. The van der Waals surface area contributed by atoms with E-state index >= 15 is 0 Å². The molecule has 4 atom stereocenters. The Bertz CT molecular complexity index is 3910. The van der Waals surface area contributed by atoms with Crippen LogP contribution in [0.3, 0.4) is 0 Å². The third kappa shape index (κ3) is 14.8. The first-order valence-corrected chi connectivity index (χ1v) is 31.7. The molecule has 7 aromatic rings. The molecule has 0 radical (unpaired) electrons. The van der Waals surface area contributed by atoms with Crippen molar-refractivity contribution >= 4 is 70.2 Å². The summed E-state index contributed by atoms with van der Waals surface area (Å²) >= 11 is 0. The fourth-order valence-corrected chi connectivity index (χ4v) is 12.3. The van der Waals surface area contributed by atoms with Crippen molar-refractivity contribution in [2.45, 2.75) is 134 Å². The molecule has 12 heteroatoms. The van der Waals surface area contributed by atoms with Crippen molar-refractivity contribution in [2.75, 3.05) is 0 Å². The van der Waals surface area contributed by atoms with Gasteiger partial charge in [0.1, 0.15) is 17.2 Å². The van der Waals surface area contributed by atoms with Gasteiger partial charge in [-0.25, -0.2) is 9.97 Å².